The van der Waals surface area contributed by atoms with Crippen LogP contribution in [0, 0.1) is 11.3 Å². The van der Waals surface area contributed by atoms with Gasteiger partial charge >= 0.3 is 5.97 Å². The number of methoxy groups -OCH3 is 1. The summed E-state index contributed by atoms with van der Waals surface area (Å²) >= 11 is 0. The minimum absolute atomic E-state index is 0.291. The van der Waals surface area contributed by atoms with Gasteiger partial charge in [-0.3, -0.25) is 4.79 Å². The van der Waals surface area contributed by atoms with E-state index in [0.717, 1.165) is 37.0 Å². The van der Waals surface area contributed by atoms with E-state index < -0.39 is 5.97 Å². The number of anilines is 1. The van der Waals surface area contributed by atoms with Crippen LogP contribution >= 0.6 is 0 Å². The molecule has 0 fully saturated rings. The highest BCUT2D eigenvalue weighted by Crippen LogP contribution is 2.36. The van der Waals surface area contributed by atoms with Gasteiger partial charge in [0.2, 0.25) is 0 Å². The Morgan fingerprint density at radius 2 is 2.15 bits per heavy atom. The number of aryl methyl sites for hydroxylation is 1. The number of fused-ring (bicyclic) bond motifs is 2. The van der Waals surface area contributed by atoms with Gasteiger partial charge in [0.15, 0.2) is 0 Å². The Kier molecular flexibility index (Phi) is 3.85. The van der Waals surface area contributed by atoms with Gasteiger partial charge in [0.25, 0.3) is 5.91 Å². The summed E-state index contributed by atoms with van der Waals surface area (Å²) in [5.74, 6) is 0.473. The number of nitrogens with one attached hydrogen (secondary N) is 1. The lowest BCUT2D eigenvalue weighted by Gasteiger charge is -2.07. The first kappa shape index (κ1) is 16.2. The zero-order chi connectivity index (χ0) is 18.3. The molecule has 2 aromatic rings. The molecule has 0 atom stereocenters. The number of nitrogens with zero attached hydrogens (tertiary/aromatic N) is 1. The molecule has 130 valence electrons. The molecule has 0 saturated carbocycles. The molecule has 0 bridgehead atoms. The van der Waals surface area contributed by atoms with Crippen molar-refractivity contribution in [3.05, 3.63) is 52.0 Å². The lowest BCUT2D eigenvalue weighted by atomic mass is 9.94. The highest BCUT2D eigenvalue weighted by Gasteiger charge is 2.28. The lowest BCUT2D eigenvalue weighted by molar-refractivity contribution is -0.110. The van der Waals surface area contributed by atoms with E-state index in [0.29, 0.717) is 33.7 Å². The van der Waals surface area contributed by atoms with Gasteiger partial charge in [-0.1, -0.05) is 0 Å². The van der Waals surface area contributed by atoms with Gasteiger partial charge in [0.05, 0.1) is 18.2 Å². The van der Waals surface area contributed by atoms with Crippen LogP contribution in [-0.4, -0.2) is 19.0 Å². The molecule has 1 N–H and O–H groups in total. The molecule has 26 heavy (non-hydrogen) atoms. The number of rotatable bonds is 2. The van der Waals surface area contributed by atoms with E-state index in [1.54, 1.807) is 24.3 Å². The summed E-state index contributed by atoms with van der Waals surface area (Å²) in [7, 11) is 1.31. The Hall–Kier alpha value is -3.33. The minimum atomic E-state index is -0.474. The van der Waals surface area contributed by atoms with Crippen molar-refractivity contribution in [2.24, 2.45) is 0 Å². The van der Waals surface area contributed by atoms with Gasteiger partial charge in [0, 0.05) is 23.2 Å². The van der Waals surface area contributed by atoms with Crippen LogP contribution in [-0.2, 0) is 22.4 Å². The number of hydrogen-bond donors (Lipinski definition) is 1. The van der Waals surface area contributed by atoms with E-state index in [9.17, 15) is 14.9 Å². The van der Waals surface area contributed by atoms with E-state index in [1.165, 1.54) is 7.11 Å². The van der Waals surface area contributed by atoms with Crippen LogP contribution < -0.4 is 5.32 Å². The molecule has 2 heterocycles. The van der Waals surface area contributed by atoms with Gasteiger partial charge in [-0.2, -0.15) is 5.26 Å². The standard InChI is InChI=1S/C20H16N2O4/c1-25-20(24)11-6-7-16-13(8-11)14(19(23)22-16)9-18-15(10-21)12-4-2-3-5-17(12)26-18/h6-9H,2-5H2,1H3,(H,22,23). The fourth-order valence-electron chi connectivity index (χ4n) is 3.52. The van der Waals surface area contributed by atoms with Gasteiger partial charge in [0.1, 0.15) is 23.2 Å². The Balaban J connectivity index is 1.83. The van der Waals surface area contributed by atoms with Crippen LogP contribution in [0.3, 0.4) is 0 Å². The van der Waals surface area contributed by atoms with E-state index in [-0.39, 0.29) is 5.91 Å². The first-order valence-corrected chi connectivity index (χ1v) is 8.42. The Morgan fingerprint density at radius 1 is 1.35 bits per heavy atom. The first-order valence-electron chi connectivity index (χ1n) is 8.42. The van der Waals surface area contributed by atoms with Crippen molar-refractivity contribution < 1.29 is 18.7 Å². The molecular formula is C20H16N2O4. The maximum atomic E-state index is 12.4. The van der Waals surface area contributed by atoms with Crippen molar-refractivity contribution >= 4 is 29.2 Å². The van der Waals surface area contributed by atoms with Crippen LogP contribution in [0.1, 0.15) is 51.4 Å². The summed E-state index contributed by atoms with van der Waals surface area (Å²) in [6.07, 6.45) is 5.29. The second-order valence-corrected chi connectivity index (χ2v) is 6.33. The smallest absolute Gasteiger partial charge is 0.337 e. The molecule has 0 saturated heterocycles. The number of carbonyl (C=O) groups is 2. The number of esters is 1. The number of ether oxygens (including phenoxy) is 1. The highest BCUT2D eigenvalue weighted by atomic mass is 16.5. The maximum absolute atomic E-state index is 12.4. The third-order valence-corrected chi connectivity index (χ3v) is 4.81. The predicted octanol–water partition coefficient (Wildman–Crippen LogP) is 3.31. The minimum Gasteiger partial charge on any atom is -0.465 e. The normalized spacial score (nSPS) is 16.6. The molecule has 4 rings (SSSR count). The summed E-state index contributed by atoms with van der Waals surface area (Å²) in [6, 6.07) is 7.08. The summed E-state index contributed by atoms with van der Waals surface area (Å²) in [5.41, 5.74) is 3.38. The molecule has 2 aliphatic rings. The highest BCUT2D eigenvalue weighted by molar-refractivity contribution is 6.35. The Labute approximate surface area is 150 Å². The molecule has 1 aromatic heterocycles. The van der Waals surface area contributed by atoms with Crippen molar-refractivity contribution in [2.75, 3.05) is 12.4 Å². The molecule has 6 heteroatoms. The molecule has 1 aliphatic heterocycles. The van der Waals surface area contributed by atoms with E-state index in [4.69, 9.17) is 9.15 Å². The average molecular weight is 348 g/mol. The third-order valence-electron chi connectivity index (χ3n) is 4.81. The van der Waals surface area contributed by atoms with Gasteiger partial charge < -0.3 is 14.5 Å². The molecule has 0 unspecified atom stereocenters. The largest absolute Gasteiger partial charge is 0.465 e. The summed E-state index contributed by atoms with van der Waals surface area (Å²) in [6.45, 7) is 0. The summed E-state index contributed by atoms with van der Waals surface area (Å²) in [4.78, 5) is 24.2. The van der Waals surface area contributed by atoms with Crippen LogP contribution in [0.2, 0.25) is 0 Å². The number of hydrogen-bond acceptors (Lipinski definition) is 5. The van der Waals surface area contributed by atoms with Crippen molar-refractivity contribution in [2.45, 2.75) is 25.7 Å². The van der Waals surface area contributed by atoms with Crippen LogP contribution in [0.5, 0.6) is 0 Å². The maximum Gasteiger partial charge on any atom is 0.337 e. The zero-order valence-electron chi connectivity index (χ0n) is 14.2. The topological polar surface area (TPSA) is 92.3 Å². The number of nitriles is 1. The molecule has 0 radical (unpaired) electrons. The zero-order valence-corrected chi connectivity index (χ0v) is 14.2. The summed E-state index contributed by atoms with van der Waals surface area (Å²) < 4.78 is 10.6. The van der Waals surface area contributed by atoms with Gasteiger partial charge in [-0.05, 0) is 43.5 Å². The average Bonchev–Trinajstić information content (AvgIpc) is 3.17. The van der Waals surface area contributed by atoms with Gasteiger partial charge in [-0.25, -0.2) is 4.79 Å². The Bertz CT molecular complexity index is 1010. The van der Waals surface area contributed by atoms with Crippen LogP contribution in [0.25, 0.3) is 11.6 Å². The molecule has 1 aliphatic carbocycles. The SMILES string of the molecule is COC(=O)c1ccc2c(c1)C(=Cc1oc3c(c1C#N)CCCC3)C(=O)N2. The predicted molar refractivity (Wildman–Crippen MR) is 94.3 cm³/mol. The van der Waals surface area contributed by atoms with Crippen molar-refractivity contribution in [1.82, 2.24) is 0 Å². The second-order valence-electron chi connectivity index (χ2n) is 6.33. The van der Waals surface area contributed by atoms with E-state index in [2.05, 4.69) is 11.4 Å². The first-order chi connectivity index (χ1) is 12.6. The van der Waals surface area contributed by atoms with E-state index >= 15 is 0 Å². The molecule has 0 spiro atoms. The molecular weight excluding hydrogens is 332 g/mol. The van der Waals surface area contributed by atoms with Crippen molar-refractivity contribution in [3.63, 3.8) is 0 Å². The fourth-order valence-corrected chi connectivity index (χ4v) is 3.52. The molecule has 6 nitrogen and oxygen atoms in total. The van der Waals surface area contributed by atoms with Crippen molar-refractivity contribution in [3.8, 4) is 6.07 Å². The fraction of sp³-hybridized carbons (Fsp3) is 0.250. The Morgan fingerprint density at radius 3 is 2.92 bits per heavy atom. The van der Waals surface area contributed by atoms with E-state index in [1.807, 2.05) is 0 Å². The number of benzene rings is 1. The monoisotopic (exact) mass is 348 g/mol. The molecule has 1 aromatic carbocycles. The number of amides is 1. The van der Waals surface area contributed by atoms with Gasteiger partial charge in [-0.15, -0.1) is 0 Å². The second kappa shape index (κ2) is 6.19. The lowest BCUT2D eigenvalue weighted by Crippen LogP contribution is -2.03. The van der Waals surface area contributed by atoms with Crippen LogP contribution in [0.4, 0.5) is 5.69 Å². The summed E-state index contributed by atoms with van der Waals surface area (Å²) in [5, 5.41) is 12.3. The number of carbonyl (C=O) groups excluding carboxylic acids is 2. The quantitative estimate of drug-likeness (QED) is 0.664. The van der Waals surface area contributed by atoms with Crippen LogP contribution in [0.15, 0.2) is 22.6 Å². The number of furan rings is 1. The molecule has 1 amide bonds. The van der Waals surface area contributed by atoms with Crippen molar-refractivity contribution in [1.29, 1.82) is 5.26 Å². The third kappa shape index (κ3) is 2.49.